The van der Waals surface area contributed by atoms with Crippen molar-refractivity contribution in [1.29, 1.82) is 0 Å². The minimum atomic E-state index is -0.770. The number of likely N-dealkylation sites (N-methyl/N-ethyl adjacent to an activating group) is 1. The Labute approximate surface area is 108 Å². The van der Waals surface area contributed by atoms with Crippen molar-refractivity contribution in [3.8, 4) is 0 Å². The lowest BCUT2D eigenvalue weighted by Crippen LogP contribution is -2.45. The van der Waals surface area contributed by atoms with Crippen LogP contribution in [0.5, 0.6) is 0 Å². The average molecular weight is 256 g/mol. The maximum atomic E-state index is 11.5. The summed E-state index contributed by atoms with van der Waals surface area (Å²) in [6.07, 6.45) is 5.42. The largest absolute Gasteiger partial charge is 0.481 e. The fraction of sp³-hybridized carbons (Fsp3) is 0.846. The summed E-state index contributed by atoms with van der Waals surface area (Å²) in [4.78, 5) is 23.0. The van der Waals surface area contributed by atoms with Crippen molar-refractivity contribution < 1.29 is 14.7 Å². The zero-order valence-electron chi connectivity index (χ0n) is 11.1. The van der Waals surface area contributed by atoms with Crippen LogP contribution in [0.15, 0.2) is 0 Å². The summed E-state index contributed by atoms with van der Waals surface area (Å²) in [5.41, 5.74) is -0.752. The molecule has 5 nitrogen and oxygen atoms in total. The highest BCUT2D eigenvalue weighted by Gasteiger charge is 2.38. The molecule has 3 N–H and O–H groups in total. The predicted molar refractivity (Wildman–Crippen MR) is 69.3 cm³/mol. The number of hydrogen-bond donors (Lipinski definition) is 3. The van der Waals surface area contributed by atoms with E-state index in [0.29, 0.717) is 12.8 Å². The number of hydrogen-bond acceptors (Lipinski definition) is 3. The minimum absolute atomic E-state index is 0.123. The zero-order valence-corrected chi connectivity index (χ0v) is 11.1. The Morgan fingerprint density at radius 2 is 1.78 bits per heavy atom. The standard InChI is InChI=1S/C13H24N2O3/c1-2-14-9-11(16)15-10-13(12(17)18)7-5-3-4-6-8-13/h14H,2-10H2,1H3,(H,15,16)(H,17,18). The van der Waals surface area contributed by atoms with Gasteiger partial charge in [0, 0.05) is 6.54 Å². The monoisotopic (exact) mass is 256 g/mol. The zero-order chi connectivity index (χ0) is 13.4. The molecule has 104 valence electrons. The third kappa shape index (κ3) is 4.29. The van der Waals surface area contributed by atoms with Gasteiger partial charge < -0.3 is 15.7 Å². The van der Waals surface area contributed by atoms with E-state index in [0.717, 1.165) is 32.2 Å². The summed E-state index contributed by atoms with van der Waals surface area (Å²) in [6.45, 7) is 3.17. The van der Waals surface area contributed by atoms with Crippen LogP contribution in [-0.2, 0) is 9.59 Å². The summed E-state index contributed by atoms with van der Waals surface area (Å²) in [6, 6.07) is 0. The third-order valence-corrected chi connectivity index (χ3v) is 3.67. The molecule has 0 atom stereocenters. The Hall–Kier alpha value is -1.10. The number of carbonyl (C=O) groups is 2. The van der Waals surface area contributed by atoms with E-state index < -0.39 is 11.4 Å². The molecule has 0 aromatic heterocycles. The summed E-state index contributed by atoms with van der Waals surface area (Å²) >= 11 is 0. The van der Waals surface area contributed by atoms with E-state index >= 15 is 0 Å². The van der Waals surface area contributed by atoms with E-state index in [2.05, 4.69) is 10.6 Å². The second-order valence-electron chi connectivity index (χ2n) is 5.06. The Morgan fingerprint density at radius 3 is 2.28 bits per heavy atom. The molecule has 0 bridgehead atoms. The molecule has 1 rings (SSSR count). The number of aliphatic carboxylic acids is 1. The molecule has 1 aliphatic rings. The van der Waals surface area contributed by atoms with Crippen molar-refractivity contribution in [2.75, 3.05) is 19.6 Å². The number of rotatable bonds is 6. The number of carboxylic acid groups (broad SMARTS) is 1. The lowest BCUT2D eigenvalue weighted by atomic mass is 9.80. The van der Waals surface area contributed by atoms with Crippen LogP contribution in [0.3, 0.4) is 0 Å². The first-order valence-corrected chi connectivity index (χ1v) is 6.81. The fourth-order valence-corrected chi connectivity index (χ4v) is 2.44. The van der Waals surface area contributed by atoms with Crippen LogP contribution in [0.4, 0.5) is 0 Å². The highest BCUT2D eigenvalue weighted by Crippen LogP contribution is 2.34. The van der Waals surface area contributed by atoms with Crippen molar-refractivity contribution in [2.24, 2.45) is 5.41 Å². The second kappa shape index (κ2) is 7.36. The van der Waals surface area contributed by atoms with E-state index in [1.807, 2.05) is 6.92 Å². The van der Waals surface area contributed by atoms with Crippen molar-refractivity contribution in [2.45, 2.75) is 45.4 Å². The van der Waals surface area contributed by atoms with Crippen LogP contribution >= 0.6 is 0 Å². The molecule has 1 amide bonds. The molecule has 0 spiro atoms. The second-order valence-corrected chi connectivity index (χ2v) is 5.06. The van der Waals surface area contributed by atoms with Crippen LogP contribution in [-0.4, -0.2) is 36.6 Å². The van der Waals surface area contributed by atoms with Crippen LogP contribution in [0.2, 0.25) is 0 Å². The summed E-state index contributed by atoms with van der Waals surface area (Å²) in [5, 5.41) is 15.1. The van der Waals surface area contributed by atoms with E-state index in [1.54, 1.807) is 0 Å². The van der Waals surface area contributed by atoms with Gasteiger partial charge in [-0.3, -0.25) is 9.59 Å². The molecule has 1 aliphatic carbocycles. The maximum absolute atomic E-state index is 11.5. The van der Waals surface area contributed by atoms with E-state index in [9.17, 15) is 14.7 Å². The lowest BCUT2D eigenvalue weighted by molar-refractivity contribution is -0.149. The van der Waals surface area contributed by atoms with E-state index in [-0.39, 0.29) is 19.0 Å². The molecule has 0 unspecified atom stereocenters. The quantitative estimate of drug-likeness (QED) is 0.623. The Morgan fingerprint density at radius 1 is 1.17 bits per heavy atom. The van der Waals surface area contributed by atoms with Gasteiger partial charge >= 0.3 is 5.97 Å². The van der Waals surface area contributed by atoms with Gasteiger partial charge in [0.1, 0.15) is 0 Å². The number of carboxylic acids is 1. The average Bonchev–Trinajstić information content (AvgIpc) is 2.60. The summed E-state index contributed by atoms with van der Waals surface area (Å²) < 4.78 is 0. The Bertz CT molecular complexity index is 284. The molecule has 1 fully saturated rings. The van der Waals surface area contributed by atoms with Crippen LogP contribution in [0.1, 0.15) is 45.4 Å². The molecule has 0 heterocycles. The molecule has 18 heavy (non-hydrogen) atoms. The molecular formula is C13H24N2O3. The topological polar surface area (TPSA) is 78.4 Å². The van der Waals surface area contributed by atoms with E-state index in [1.165, 1.54) is 0 Å². The smallest absolute Gasteiger partial charge is 0.311 e. The molecule has 1 saturated carbocycles. The van der Waals surface area contributed by atoms with Crippen LogP contribution in [0, 0.1) is 5.41 Å². The third-order valence-electron chi connectivity index (χ3n) is 3.67. The van der Waals surface area contributed by atoms with Crippen LogP contribution in [0.25, 0.3) is 0 Å². The van der Waals surface area contributed by atoms with Gasteiger partial charge in [-0.25, -0.2) is 0 Å². The molecule has 0 aromatic carbocycles. The van der Waals surface area contributed by atoms with Gasteiger partial charge in [0.25, 0.3) is 0 Å². The van der Waals surface area contributed by atoms with Gasteiger partial charge in [-0.15, -0.1) is 0 Å². The fourth-order valence-electron chi connectivity index (χ4n) is 2.44. The normalized spacial score (nSPS) is 18.9. The van der Waals surface area contributed by atoms with Crippen molar-refractivity contribution in [3.63, 3.8) is 0 Å². The van der Waals surface area contributed by atoms with Gasteiger partial charge in [-0.05, 0) is 19.4 Å². The first-order valence-electron chi connectivity index (χ1n) is 6.81. The van der Waals surface area contributed by atoms with Crippen molar-refractivity contribution in [1.82, 2.24) is 10.6 Å². The van der Waals surface area contributed by atoms with Crippen molar-refractivity contribution >= 4 is 11.9 Å². The maximum Gasteiger partial charge on any atom is 0.311 e. The van der Waals surface area contributed by atoms with Gasteiger partial charge in [-0.2, -0.15) is 0 Å². The SMILES string of the molecule is CCNCC(=O)NCC1(C(=O)O)CCCCCC1. The van der Waals surface area contributed by atoms with Gasteiger partial charge in [0.2, 0.25) is 5.91 Å². The van der Waals surface area contributed by atoms with Gasteiger partial charge in [0.15, 0.2) is 0 Å². The van der Waals surface area contributed by atoms with E-state index in [4.69, 9.17) is 0 Å². The van der Waals surface area contributed by atoms with Gasteiger partial charge in [0.05, 0.1) is 12.0 Å². The molecule has 0 saturated heterocycles. The molecule has 0 aromatic rings. The first-order chi connectivity index (χ1) is 8.60. The molecule has 5 heteroatoms. The molecular weight excluding hydrogens is 232 g/mol. The Balaban J connectivity index is 2.51. The highest BCUT2D eigenvalue weighted by molar-refractivity contribution is 5.80. The molecule has 0 radical (unpaired) electrons. The van der Waals surface area contributed by atoms with Crippen LogP contribution < -0.4 is 10.6 Å². The Kier molecular flexibility index (Phi) is 6.12. The lowest BCUT2D eigenvalue weighted by Gasteiger charge is -2.28. The number of amides is 1. The summed E-state index contributed by atoms with van der Waals surface area (Å²) in [5.74, 6) is -0.894. The predicted octanol–water partition coefficient (Wildman–Crippen LogP) is 1.14. The van der Waals surface area contributed by atoms with Gasteiger partial charge in [-0.1, -0.05) is 32.6 Å². The number of carbonyl (C=O) groups excluding carboxylic acids is 1. The first kappa shape index (κ1) is 15.0. The minimum Gasteiger partial charge on any atom is -0.481 e. The molecule has 0 aliphatic heterocycles. The summed E-state index contributed by atoms with van der Waals surface area (Å²) in [7, 11) is 0. The highest BCUT2D eigenvalue weighted by atomic mass is 16.4. The number of nitrogens with one attached hydrogen (secondary N) is 2. The van der Waals surface area contributed by atoms with Crippen molar-refractivity contribution in [3.05, 3.63) is 0 Å².